The molecule has 9 heteroatoms. The van der Waals surface area contributed by atoms with Crippen LogP contribution in [0.15, 0.2) is 52.2 Å². The van der Waals surface area contributed by atoms with E-state index in [2.05, 4.69) is 0 Å². The Hall–Kier alpha value is -2.23. The zero-order chi connectivity index (χ0) is 16.9. The van der Waals surface area contributed by atoms with Gasteiger partial charge in [-0.05, 0) is 12.1 Å². The van der Waals surface area contributed by atoms with E-state index >= 15 is 0 Å². The first kappa shape index (κ1) is 17.1. The number of para-hydroxylation sites is 1. The second-order valence-electron chi connectivity index (χ2n) is 4.69. The van der Waals surface area contributed by atoms with Crippen LogP contribution in [-0.2, 0) is 21.3 Å². The van der Waals surface area contributed by atoms with Crippen LogP contribution in [0.2, 0.25) is 0 Å². The molecule has 0 amide bonds. The minimum atomic E-state index is -4.06. The van der Waals surface area contributed by atoms with Crippen LogP contribution in [0, 0.1) is 10.1 Å². The quantitative estimate of drug-likeness (QED) is 0.538. The fraction of sp³-hybridized carbons (Fsp3) is 0.286. The highest BCUT2D eigenvalue weighted by Crippen LogP contribution is 2.27. The average molecular weight is 340 g/mol. The largest absolute Gasteiger partial charge is 0.472 e. The molecular weight excluding hydrogens is 324 g/mol. The summed E-state index contributed by atoms with van der Waals surface area (Å²) in [5.41, 5.74) is 0.186. The maximum Gasteiger partial charge on any atom is 0.289 e. The van der Waals surface area contributed by atoms with Crippen LogP contribution >= 0.6 is 0 Å². The maximum atomic E-state index is 12.8. The molecule has 0 saturated carbocycles. The van der Waals surface area contributed by atoms with Gasteiger partial charge in [0.15, 0.2) is 4.90 Å². The van der Waals surface area contributed by atoms with Crippen LogP contribution in [0.1, 0.15) is 5.56 Å². The molecule has 0 atom stereocenters. The fourth-order valence-corrected chi connectivity index (χ4v) is 3.60. The van der Waals surface area contributed by atoms with Gasteiger partial charge in [0.25, 0.3) is 5.69 Å². The molecule has 1 heterocycles. The first-order valence-corrected chi connectivity index (χ1v) is 8.14. The van der Waals surface area contributed by atoms with E-state index in [0.29, 0.717) is 5.56 Å². The highest BCUT2D eigenvalue weighted by molar-refractivity contribution is 7.89. The first-order chi connectivity index (χ1) is 11.0. The van der Waals surface area contributed by atoms with Gasteiger partial charge in [-0.15, -0.1) is 0 Å². The molecule has 0 aliphatic heterocycles. The third-order valence-corrected chi connectivity index (χ3v) is 5.06. The Kier molecular flexibility index (Phi) is 5.48. The van der Waals surface area contributed by atoms with Crippen LogP contribution < -0.4 is 0 Å². The molecule has 0 bridgehead atoms. The number of rotatable bonds is 8. The summed E-state index contributed by atoms with van der Waals surface area (Å²) in [6.07, 6.45) is 2.86. The summed E-state index contributed by atoms with van der Waals surface area (Å²) in [7, 11) is -2.60. The highest BCUT2D eigenvalue weighted by atomic mass is 32.2. The molecule has 23 heavy (non-hydrogen) atoms. The third-order valence-electron chi connectivity index (χ3n) is 3.16. The molecule has 0 aliphatic rings. The fourth-order valence-electron chi connectivity index (χ4n) is 2.03. The topological polar surface area (TPSA) is 103 Å². The second-order valence-corrected chi connectivity index (χ2v) is 6.59. The predicted octanol–water partition coefficient (Wildman–Crippen LogP) is 2.03. The van der Waals surface area contributed by atoms with Gasteiger partial charge < -0.3 is 9.15 Å². The van der Waals surface area contributed by atoms with Crippen molar-refractivity contribution in [3.05, 3.63) is 58.5 Å². The SMILES string of the molecule is COCCN(Cc1ccoc1)S(=O)(=O)c1ccccc1[N+](=O)[O-]. The van der Waals surface area contributed by atoms with Crippen molar-refractivity contribution in [1.29, 1.82) is 0 Å². The Morgan fingerprint density at radius 2 is 2.04 bits per heavy atom. The van der Waals surface area contributed by atoms with Gasteiger partial charge in [0, 0.05) is 31.8 Å². The van der Waals surface area contributed by atoms with Crippen molar-refractivity contribution in [3.8, 4) is 0 Å². The van der Waals surface area contributed by atoms with Crippen molar-refractivity contribution in [2.24, 2.45) is 0 Å². The molecular formula is C14H16N2O6S. The number of hydrogen-bond donors (Lipinski definition) is 0. The smallest absolute Gasteiger partial charge is 0.289 e. The number of sulfonamides is 1. The number of nitro groups is 1. The second kappa shape index (κ2) is 7.36. The summed E-state index contributed by atoms with van der Waals surface area (Å²) in [5.74, 6) is 0. The van der Waals surface area contributed by atoms with Crippen molar-refractivity contribution in [2.75, 3.05) is 20.3 Å². The number of nitrogens with zero attached hydrogens (tertiary/aromatic N) is 2. The number of methoxy groups -OCH3 is 1. The van der Waals surface area contributed by atoms with Crippen LogP contribution in [0.5, 0.6) is 0 Å². The van der Waals surface area contributed by atoms with Gasteiger partial charge >= 0.3 is 0 Å². The standard InChI is InChI=1S/C14H16N2O6S/c1-21-9-7-15(10-12-6-8-22-11-12)23(19,20)14-5-3-2-4-13(14)16(17)18/h2-6,8,11H,7,9-10H2,1H3. The molecule has 0 saturated heterocycles. The Morgan fingerprint density at radius 1 is 1.30 bits per heavy atom. The maximum absolute atomic E-state index is 12.8. The lowest BCUT2D eigenvalue weighted by atomic mass is 10.3. The van der Waals surface area contributed by atoms with Crippen molar-refractivity contribution in [3.63, 3.8) is 0 Å². The third kappa shape index (κ3) is 3.95. The van der Waals surface area contributed by atoms with Gasteiger partial charge in [0.05, 0.1) is 24.1 Å². The lowest BCUT2D eigenvalue weighted by Gasteiger charge is -2.21. The summed E-state index contributed by atoms with van der Waals surface area (Å²) in [4.78, 5) is 10.1. The number of furan rings is 1. The van der Waals surface area contributed by atoms with Crippen LogP contribution in [0.4, 0.5) is 5.69 Å². The van der Waals surface area contributed by atoms with Gasteiger partial charge in [-0.3, -0.25) is 10.1 Å². The molecule has 0 spiro atoms. The lowest BCUT2D eigenvalue weighted by molar-refractivity contribution is -0.387. The van der Waals surface area contributed by atoms with E-state index in [4.69, 9.17) is 9.15 Å². The molecule has 2 aromatic rings. The molecule has 0 aliphatic carbocycles. The van der Waals surface area contributed by atoms with Crippen molar-refractivity contribution in [2.45, 2.75) is 11.4 Å². The molecule has 0 N–H and O–H groups in total. The van der Waals surface area contributed by atoms with E-state index < -0.39 is 20.6 Å². The number of benzene rings is 1. The summed E-state index contributed by atoms with van der Waals surface area (Å²) >= 11 is 0. The summed E-state index contributed by atoms with van der Waals surface area (Å²) < 4.78 is 36.7. The van der Waals surface area contributed by atoms with Gasteiger partial charge in [-0.2, -0.15) is 4.31 Å². The molecule has 1 aromatic carbocycles. The lowest BCUT2D eigenvalue weighted by Crippen LogP contribution is -2.33. The highest BCUT2D eigenvalue weighted by Gasteiger charge is 2.31. The van der Waals surface area contributed by atoms with Crippen molar-refractivity contribution in [1.82, 2.24) is 4.31 Å². The number of ether oxygens (including phenoxy) is 1. The zero-order valence-corrected chi connectivity index (χ0v) is 13.2. The Morgan fingerprint density at radius 3 is 2.65 bits per heavy atom. The molecule has 0 fully saturated rings. The molecule has 1 aromatic heterocycles. The Labute approximate surface area is 133 Å². The minimum absolute atomic E-state index is 0.0360. The van der Waals surface area contributed by atoms with Crippen LogP contribution in [0.3, 0.4) is 0 Å². The Balaban J connectivity index is 2.41. The van der Waals surface area contributed by atoms with Gasteiger partial charge in [0.2, 0.25) is 10.0 Å². The zero-order valence-electron chi connectivity index (χ0n) is 12.4. The van der Waals surface area contributed by atoms with Crippen LogP contribution in [0.25, 0.3) is 0 Å². The van der Waals surface area contributed by atoms with Gasteiger partial charge in [-0.1, -0.05) is 12.1 Å². The first-order valence-electron chi connectivity index (χ1n) is 6.70. The summed E-state index contributed by atoms with van der Waals surface area (Å²) in [6.45, 7) is 0.266. The van der Waals surface area contributed by atoms with E-state index in [1.54, 1.807) is 6.07 Å². The number of nitro benzene ring substituents is 1. The van der Waals surface area contributed by atoms with E-state index in [1.807, 2.05) is 0 Å². The van der Waals surface area contributed by atoms with E-state index in [0.717, 1.165) is 4.31 Å². The van der Waals surface area contributed by atoms with E-state index in [-0.39, 0.29) is 24.6 Å². The predicted molar refractivity (Wildman–Crippen MR) is 81.3 cm³/mol. The summed E-state index contributed by atoms with van der Waals surface area (Å²) in [6, 6.07) is 6.90. The van der Waals surface area contributed by atoms with Crippen molar-refractivity contribution < 1.29 is 22.5 Å². The number of hydrogen-bond acceptors (Lipinski definition) is 6. The average Bonchev–Trinajstić information content (AvgIpc) is 3.04. The van der Waals surface area contributed by atoms with E-state index in [1.165, 1.54) is 43.9 Å². The Bertz CT molecular complexity index is 757. The molecule has 0 radical (unpaired) electrons. The molecule has 124 valence electrons. The van der Waals surface area contributed by atoms with Gasteiger partial charge in [-0.25, -0.2) is 8.42 Å². The molecule has 2 rings (SSSR count). The molecule has 0 unspecified atom stereocenters. The monoisotopic (exact) mass is 340 g/mol. The van der Waals surface area contributed by atoms with Crippen LogP contribution in [-0.4, -0.2) is 37.9 Å². The van der Waals surface area contributed by atoms with Crippen molar-refractivity contribution >= 4 is 15.7 Å². The molecule has 8 nitrogen and oxygen atoms in total. The summed E-state index contributed by atoms with van der Waals surface area (Å²) in [5, 5.41) is 11.1. The minimum Gasteiger partial charge on any atom is -0.472 e. The normalized spacial score (nSPS) is 11.7. The van der Waals surface area contributed by atoms with Gasteiger partial charge in [0.1, 0.15) is 0 Å². The van der Waals surface area contributed by atoms with E-state index in [9.17, 15) is 18.5 Å².